The van der Waals surface area contributed by atoms with Crippen molar-refractivity contribution in [2.45, 2.75) is 57.0 Å². The number of methoxy groups -OCH3 is 1. The molecular weight excluding hydrogens is 456 g/mol. The molecule has 0 aliphatic carbocycles. The number of primary sulfonamides is 1. The number of ketones is 1. The van der Waals surface area contributed by atoms with Crippen molar-refractivity contribution in [2.24, 2.45) is 5.14 Å². The molecule has 186 valence electrons. The van der Waals surface area contributed by atoms with Gasteiger partial charge in [-0.1, -0.05) is 30.3 Å². The van der Waals surface area contributed by atoms with Crippen LogP contribution in [0, 0.1) is 0 Å². The number of sulfonamides is 1. The Labute approximate surface area is 202 Å². The van der Waals surface area contributed by atoms with E-state index < -0.39 is 15.6 Å². The maximum absolute atomic E-state index is 12.7. The van der Waals surface area contributed by atoms with E-state index in [1.54, 1.807) is 4.90 Å². The van der Waals surface area contributed by atoms with Crippen molar-refractivity contribution in [3.05, 3.63) is 59.7 Å². The average molecular weight is 491 g/mol. The number of ether oxygens (including phenoxy) is 2. The Morgan fingerprint density at radius 1 is 1.00 bits per heavy atom. The molecule has 8 nitrogen and oxygen atoms in total. The topological polar surface area (TPSA) is 116 Å². The molecule has 2 N–H and O–H groups in total. The van der Waals surface area contributed by atoms with Crippen LogP contribution in [0.1, 0.15) is 56.0 Å². The zero-order valence-electron chi connectivity index (χ0n) is 20.2. The van der Waals surface area contributed by atoms with Crippen LogP contribution in [0.4, 0.5) is 4.79 Å². The zero-order valence-corrected chi connectivity index (χ0v) is 21.1. The summed E-state index contributed by atoms with van der Waals surface area (Å²) in [4.78, 5) is 26.7. The monoisotopic (exact) mass is 490 g/mol. The van der Waals surface area contributed by atoms with Crippen molar-refractivity contribution in [3.8, 4) is 5.75 Å². The number of amides is 1. The first-order valence-electron chi connectivity index (χ1n) is 11.2. The fraction of sp³-hybridized carbons (Fsp3) is 0.440. The van der Waals surface area contributed by atoms with Gasteiger partial charge >= 0.3 is 6.09 Å². The van der Waals surface area contributed by atoms with Crippen LogP contribution in [0.2, 0.25) is 0 Å². The predicted molar refractivity (Wildman–Crippen MR) is 131 cm³/mol. The molecule has 0 spiro atoms. The largest absolute Gasteiger partial charge is 0.495 e. The third-order valence-corrected chi connectivity index (χ3v) is 5.97. The second kappa shape index (κ2) is 12.0. The van der Waals surface area contributed by atoms with Crippen molar-refractivity contribution in [1.29, 1.82) is 0 Å². The first-order chi connectivity index (χ1) is 15.9. The number of carbonyl (C=O) groups excluding carboxylic acids is 2. The van der Waals surface area contributed by atoms with Gasteiger partial charge in [0, 0.05) is 25.1 Å². The molecule has 0 saturated carbocycles. The molecule has 2 aromatic rings. The molecule has 0 atom stereocenters. The first kappa shape index (κ1) is 27.3. The van der Waals surface area contributed by atoms with Crippen LogP contribution >= 0.6 is 0 Å². The Bertz CT molecular complexity index is 1080. The zero-order chi connectivity index (χ0) is 25.4. The molecule has 0 saturated heterocycles. The van der Waals surface area contributed by atoms with Crippen molar-refractivity contribution in [1.82, 2.24) is 4.90 Å². The lowest BCUT2D eigenvalue weighted by Crippen LogP contribution is -2.38. The second-order valence-electron chi connectivity index (χ2n) is 8.99. The van der Waals surface area contributed by atoms with Crippen molar-refractivity contribution < 1.29 is 27.5 Å². The van der Waals surface area contributed by atoms with Crippen LogP contribution in [0.15, 0.2) is 53.4 Å². The Hall–Kier alpha value is -2.91. The molecule has 0 fully saturated rings. The molecule has 9 heteroatoms. The molecule has 0 heterocycles. The molecule has 0 aliphatic rings. The number of nitrogens with zero attached hydrogens (tertiary/aromatic N) is 1. The standard InChI is InChI=1S/C25H34N2O6S/c1-25(2,3)33-24(29)27(17-15-19-10-6-5-7-11-19)16-9-8-12-21(28)20-13-14-22(32-4)23(18-20)34(26,30)31/h5-7,10-11,13-14,18H,8-9,12,15-17H2,1-4H3,(H2,26,30,31). The summed E-state index contributed by atoms with van der Waals surface area (Å²) >= 11 is 0. The quantitative estimate of drug-likeness (QED) is 0.373. The number of benzene rings is 2. The Morgan fingerprint density at radius 3 is 2.26 bits per heavy atom. The van der Waals surface area contributed by atoms with Gasteiger partial charge < -0.3 is 14.4 Å². The van der Waals surface area contributed by atoms with E-state index in [4.69, 9.17) is 14.6 Å². The van der Waals surface area contributed by atoms with Gasteiger partial charge in [0.15, 0.2) is 5.78 Å². The third kappa shape index (κ3) is 8.79. The van der Waals surface area contributed by atoms with Gasteiger partial charge in [-0.25, -0.2) is 18.4 Å². The van der Waals surface area contributed by atoms with E-state index in [-0.39, 0.29) is 34.5 Å². The van der Waals surface area contributed by atoms with Crippen molar-refractivity contribution in [2.75, 3.05) is 20.2 Å². The number of hydrogen-bond donors (Lipinski definition) is 1. The summed E-state index contributed by atoms with van der Waals surface area (Å²) in [6.45, 7) is 6.42. The van der Waals surface area contributed by atoms with Crippen LogP contribution in [0.5, 0.6) is 5.75 Å². The number of nitrogens with two attached hydrogens (primary N) is 1. The number of carbonyl (C=O) groups is 2. The number of unbranched alkanes of at least 4 members (excludes halogenated alkanes) is 1. The summed E-state index contributed by atoms with van der Waals surface area (Å²) in [5.74, 6) is -0.119. The summed E-state index contributed by atoms with van der Waals surface area (Å²) in [6.07, 6.45) is 1.64. The lowest BCUT2D eigenvalue weighted by molar-refractivity contribution is 0.0249. The minimum atomic E-state index is -4.03. The minimum absolute atomic E-state index is 0.0884. The highest BCUT2D eigenvalue weighted by Gasteiger charge is 2.22. The van der Waals surface area contributed by atoms with Gasteiger partial charge in [0.2, 0.25) is 10.0 Å². The van der Waals surface area contributed by atoms with Crippen LogP contribution < -0.4 is 9.88 Å². The van der Waals surface area contributed by atoms with Gasteiger partial charge in [-0.3, -0.25) is 4.79 Å². The maximum Gasteiger partial charge on any atom is 0.410 e. The highest BCUT2D eigenvalue weighted by atomic mass is 32.2. The van der Waals surface area contributed by atoms with E-state index in [0.717, 1.165) is 5.56 Å². The van der Waals surface area contributed by atoms with Crippen molar-refractivity contribution in [3.63, 3.8) is 0 Å². The summed E-state index contributed by atoms with van der Waals surface area (Å²) in [6, 6.07) is 14.1. The summed E-state index contributed by atoms with van der Waals surface area (Å²) < 4.78 is 34.1. The Morgan fingerprint density at radius 2 is 1.68 bits per heavy atom. The van der Waals surface area contributed by atoms with Crippen molar-refractivity contribution >= 4 is 21.9 Å². The maximum atomic E-state index is 12.7. The Balaban J connectivity index is 1.97. The van der Waals surface area contributed by atoms with E-state index in [0.29, 0.717) is 32.4 Å². The molecular formula is C25H34N2O6S. The predicted octanol–water partition coefficient (Wildman–Crippen LogP) is 4.18. The van der Waals surface area contributed by atoms with Crippen LogP contribution in [-0.2, 0) is 21.2 Å². The molecule has 0 aromatic heterocycles. The fourth-order valence-electron chi connectivity index (χ4n) is 3.33. The summed E-state index contributed by atoms with van der Waals surface area (Å²) in [7, 11) is -2.69. The normalized spacial score (nSPS) is 11.7. The van der Waals surface area contributed by atoms with Gasteiger partial charge in [0.25, 0.3) is 0 Å². The van der Waals surface area contributed by atoms with Gasteiger partial charge in [0.1, 0.15) is 16.2 Å². The van der Waals surface area contributed by atoms with E-state index in [9.17, 15) is 18.0 Å². The van der Waals surface area contributed by atoms with E-state index in [1.807, 2.05) is 51.1 Å². The highest BCUT2D eigenvalue weighted by molar-refractivity contribution is 7.89. The number of Topliss-reactive ketones (excluding diaryl/α,β-unsaturated/α-hetero) is 1. The smallest absolute Gasteiger partial charge is 0.410 e. The van der Waals surface area contributed by atoms with Crippen LogP contribution in [0.25, 0.3) is 0 Å². The fourth-order valence-corrected chi connectivity index (χ4v) is 4.06. The van der Waals surface area contributed by atoms with E-state index in [1.165, 1.54) is 25.3 Å². The molecule has 0 bridgehead atoms. The number of hydrogen-bond acceptors (Lipinski definition) is 6. The molecule has 1 amide bonds. The summed E-state index contributed by atoms with van der Waals surface area (Å²) in [5.41, 5.74) is 0.766. The van der Waals surface area contributed by atoms with Gasteiger partial charge in [-0.15, -0.1) is 0 Å². The van der Waals surface area contributed by atoms with Crippen LogP contribution in [-0.4, -0.2) is 51.0 Å². The minimum Gasteiger partial charge on any atom is -0.495 e. The molecule has 2 rings (SSSR count). The van der Waals surface area contributed by atoms with E-state index >= 15 is 0 Å². The highest BCUT2D eigenvalue weighted by Crippen LogP contribution is 2.24. The molecule has 34 heavy (non-hydrogen) atoms. The molecule has 2 aromatic carbocycles. The second-order valence-corrected chi connectivity index (χ2v) is 10.5. The van der Waals surface area contributed by atoms with Gasteiger partial charge in [0.05, 0.1) is 7.11 Å². The number of rotatable bonds is 11. The third-order valence-electron chi connectivity index (χ3n) is 5.04. The molecule has 0 radical (unpaired) electrons. The van der Waals surface area contributed by atoms with E-state index in [2.05, 4.69) is 0 Å². The molecule has 0 unspecified atom stereocenters. The summed E-state index contributed by atoms with van der Waals surface area (Å²) in [5, 5.41) is 5.23. The average Bonchev–Trinajstić information content (AvgIpc) is 2.76. The lowest BCUT2D eigenvalue weighted by atomic mass is 10.1. The van der Waals surface area contributed by atoms with Gasteiger partial charge in [-0.2, -0.15) is 0 Å². The SMILES string of the molecule is COc1ccc(C(=O)CCCCN(CCc2ccccc2)C(=O)OC(C)(C)C)cc1S(N)(=O)=O. The molecule has 0 aliphatic heterocycles. The first-order valence-corrected chi connectivity index (χ1v) is 12.7. The van der Waals surface area contributed by atoms with Crippen LogP contribution in [0.3, 0.4) is 0 Å². The van der Waals surface area contributed by atoms with Gasteiger partial charge in [-0.05, 0) is 63.8 Å². The lowest BCUT2D eigenvalue weighted by Gasteiger charge is -2.27. The Kier molecular flexibility index (Phi) is 9.64.